The summed E-state index contributed by atoms with van der Waals surface area (Å²) in [4.78, 5) is 37.7. The van der Waals surface area contributed by atoms with E-state index >= 15 is 0 Å². The molecule has 1 N–H and O–H groups in total. The molecule has 0 aliphatic heterocycles. The quantitative estimate of drug-likeness (QED) is 0.866. The van der Waals surface area contributed by atoms with Crippen LogP contribution in [0.5, 0.6) is 0 Å². The first kappa shape index (κ1) is 16.9. The van der Waals surface area contributed by atoms with Gasteiger partial charge >= 0.3 is 0 Å². The molecule has 0 aliphatic carbocycles. The molecule has 0 saturated carbocycles. The fourth-order valence-corrected chi connectivity index (χ4v) is 2.05. The van der Waals surface area contributed by atoms with Crippen LogP contribution in [0.25, 0.3) is 0 Å². The van der Waals surface area contributed by atoms with Gasteiger partial charge in [-0.25, -0.2) is 0 Å². The van der Waals surface area contributed by atoms with Crippen LogP contribution >= 0.6 is 0 Å². The highest BCUT2D eigenvalue weighted by atomic mass is 16.2. The van der Waals surface area contributed by atoms with Gasteiger partial charge in [-0.1, -0.05) is 6.92 Å². The van der Waals surface area contributed by atoms with Crippen molar-refractivity contribution in [3.8, 4) is 0 Å². The van der Waals surface area contributed by atoms with Gasteiger partial charge < -0.3 is 14.8 Å². The molecule has 1 aromatic rings. The van der Waals surface area contributed by atoms with E-state index in [0.29, 0.717) is 31.5 Å². The van der Waals surface area contributed by atoms with E-state index in [1.165, 1.54) is 16.8 Å². The minimum absolute atomic E-state index is 0.147. The summed E-state index contributed by atoms with van der Waals surface area (Å²) in [5.41, 5.74) is 0.220. The van der Waals surface area contributed by atoms with Crippen LogP contribution in [0.2, 0.25) is 0 Å². The van der Waals surface area contributed by atoms with Crippen LogP contribution in [-0.4, -0.2) is 34.4 Å². The molecular formula is C15H23N3O3. The van der Waals surface area contributed by atoms with Crippen LogP contribution in [-0.2, 0) is 11.8 Å². The summed E-state index contributed by atoms with van der Waals surface area (Å²) >= 11 is 0. The topological polar surface area (TPSA) is 71.4 Å². The summed E-state index contributed by atoms with van der Waals surface area (Å²) in [6, 6.07) is 1.45. The lowest BCUT2D eigenvalue weighted by molar-refractivity contribution is -0.116. The van der Waals surface area contributed by atoms with E-state index in [1.54, 1.807) is 11.9 Å². The van der Waals surface area contributed by atoms with Gasteiger partial charge in [0.15, 0.2) is 0 Å². The summed E-state index contributed by atoms with van der Waals surface area (Å²) in [6.07, 6.45) is 2.54. The monoisotopic (exact) mass is 293 g/mol. The summed E-state index contributed by atoms with van der Waals surface area (Å²) < 4.78 is 1.32. The Balaban J connectivity index is 3.14. The molecule has 0 radical (unpaired) electrons. The van der Waals surface area contributed by atoms with Crippen molar-refractivity contribution >= 4 is 17.5 Å². The average Bonchev–Trinajstić information content (AvgIpc) is 2.45. The first-order valence-electron chi connectivity index (χ1n) is 7.24. The molecule has 2 amide bonds. The van der Waals surface area contributed by atoms with Crippen LogP contribution in [0.3, 0.4) is 0 Å². The molecule has 0 fully saturated rings. The van der Waals surface area contributed by atoms with Crippen molar-refractivity contribution < 1.29 is 9.59 Å². The largest absolute Gasteiger partial charge is 0.339 e. The van der Waals surface area contributed by atoms with Gasteiger partial charge in [0.05, 0.1) is 5.56 Å². The number of anilines is 1. The second kappa shape index (κ2) is 7.61. The van der Waals surface area contributed by atoms with Gasteiger partial charge in [-0.15, -0.1) is 0 Å². The maximum atomic E-state index is 12.3. The molecule has 1 aromatic heterocycles. The Morgan fingerprint density at radius 2 is 1.86 bits per heavy atom. The van der Waals surface area contributed by atoms with Gasteiger partial charge in [0.25, 0.3) is 11.5 Å². The second-order valence-electron chi connectivity index (χ2n) is 4.83. The number of aromatic nitrogens is 1. The lowest BCUT2D eigenvalue weighted by Crippen LogP contribution is -2.32. The zero-order valence-corrected chi connectivity index (χ0v) is 13.1. The number of carbonyl (C=O) groups is 2. The Kier molecular flexibility index (Phi) is 6.14. The molecular weight excluding hydrogens is 270 g/mol. The van der Waals surface area contributed by atoms with Crippen molar-refractivity contribution in [2.24, 2.45) is 7.05 Å². The number of nitrogens with one attached hydrogen (secondary N) is 1. The fraction of sp³-hybridized carbons (Fsp3) is 0.533. The van der Waals surface area contributed by atoms with E-state index < -0.39 is 0 Å². The van der Waals surface area contributed by atoms with Crippen molar-refractivity contribution in [2.45, 2.75) is 33.6 Å². The van der Waals surface area contributed by atoms with Crippen molar-refractivity contribution in [2.75, 3.05) is 18.4 Å². The van der Waals surface area contributed by atoms with Gasteiger partial charge in [0, 0.05) is 32.8 Å². The van der Waals surface area contributed by atoms with Crippen LogP contribution in [0, 0.1) is 0 Å². The standard InChI is InChI=1S/C15H23N3O3/c1-5-8-13(19)16-12-9-11(10-17(4)15(12)21)14(20)18(6-2)7-3/h9-10H,5-8H2,1-4H3,(H,16,19). The Morgan fingerprint density at radius 3 is 2.38 bits per heavy atom. The number of carbonyl (C=O) groups excluding carboxylic acids is 2. The summed E-state index contributed by atoms with van der Waals surface area (Å²) in [5.74, 6) is -0.372. The van der Waals surface area contributed by atoms with Crippen molar-refractivity contribution in [3.05, 3.63) is 28.2 Å². The molecule has 1 rings (SSSR count). The maximum Gasteiger partial charge on any atom is 0.274 e. The third kappa shape index (κ3) is 4.18. The minimum Gasteiger partial charge on any atom is -0.339 e. The maximum absolute atomic E-state index is 12.3. The fourth-order valence-electron chi connectivity index (χ4n) is 2.05. The van der Waals surface area contributed by atoms with E-state index in [2.05, 4.69) is 5.32 Å². The third-order valence-electron chi connectivity index (χ3n) is 3.23. The predicted molar refractivity (Wildman–Crippen MR) is 82.5 cm³/mol. The number of hydrogen-bond acceptors (Lipinski definition) is 3. The number of aryl methyl sites for hydroxylation is 1. The van der Waals surface area contributed by atoms with Crippen molar-refractivity contribution in [3.63, 3.8) is 0 Å². The Hall–Kier alpha value is -2.11. The van der Waals surface area contributed by atoms with Crippen LogP contribution in [0.15, 0.2) is 17.1 Å². The zero-order valence-electron chi connectivity index (χ0n) is 13.1. The molecule has 0 spiro atoms. The first-order chi connectivity index (χ1) is 9.94. The molecule has 6 nitrogen and oxygen atoms in total. The van der Waals surface area contributed by atoms with E-state index in [4.69, 9.17) is 0 Å². The van der Waals surface area contributed by atoms with Gasteiger partial charge in [-0.2, -0.15) is 0 Å². The van der Waals surface area contributed by atoms with E-state index in [9.17, 15) is 14.4 Å². The first-order valence-corrected chi connectivity index (χ1v) is 7.24. The molecule has 0 bridgehead atoms. The number of pyridine rings is 1. The van der Waals surface area contributed by atoms with Crippen molar-refractivity contribution in [1.82, 2.24) is 9.47 Å². The van der Waals surface area contributed by atoms with Gasteiger partial charge in [0.1, 0.15) is 5.69 Å². The molecule has 0 aliphatic rings. The van der Waals surface area contributed by atoms with Gasteiger partial charge in [-0.3, -0.25) is 14.4 Å². The smallest absolute Gasteiger partial charge is 0.274 e. The molecule has 116 valence electrons. The van der Waals surface area contributed by atoms with Crippen LogP contribution in [0.4, 0.5) is 5.69 Å². The molecule has 6 heteroatoms. The summed E-state index contributed by atoms with van der Waals surface area (Å²) in [5, 5.41) is 2.58. The van der Waals surface area contributed by atoms with Gasteiger partial charge in [-0.05, 0) is 26.3 Å². The zero-order chi connectivity index (χ0) is 16.0. The molecule has 0 unspecified atom stereocenters. The summed E-state index contributed by atoms with van der Waals surface area (Å²) in [6.45, 7) is 6.87. The normalized spacial score (nSPS) is 10.3. The predicted octanol–water partition coefficient (Wildman–Crippen LogP) is 1.61. The SMILES string of the molecule is CCCC(=O)Nc1cc(C(=O)N(CC)CC)cn(C)c1=O. The van der Waals surface area contributed by atoms with E-state index in [1.807, 2.05) is 20.8 Å². The van der Waals surface area contributed by atoms with Crippen molar-refractivity contribution in [1.29, 1.82) is 0 Å². The highest BCUT2D eigenvalue weighted by Crippen LogP contribution is 2.09. The number of rotatable bonds is 6. The Labute approximate surface area is 124 Å². The highest BCUT2D eigenvalue weighted by molar-refractivity contribution is 5.96. The molecule has 0 aromatic carbocycles. The molecule has 21 heavy (non-hydrogen) atoms. The minimum atomic E-state index is -0.324. The van der Waals surface area contributed by atoms with Crippen LogP contribution in [0.1, 0.15) is 44.0 Å². The van der Waals surface area contributed by atoms with E-state index in [0.717, 1.165) is 0 Å². The van der Waals surface area contributed by atoms with E-state index in [-0.39, 0.29) is 23.1 Å². The number of amides is 2. The Bertz CT molecular complexity index is 574. The summed E-state index contributed by atoms with van der Waals surface area (Å²) in [7, 11) is 1.57. The lowest BCUT2D eigenvalue weighted by Gasteiger charge is -2.19. The second-order valence-corrected chi connectivity index (χ2v) is 4.83. The average molecular weight is 293 g/mol. The Morgan fingerprint density at radius 1 is 1.24 bits per heavy atom. The number of nitrogens with zero attached hydrogens (tertiary/aromatic N) is 2. The van der Waals surface area contributed by atoms with Gasteiger partial charge in [0.2, 0.25) is 5.91 Å². The highest BCUT2D eigenvalue weighted by Gasteiger charge is 2.16. The third-order valence-corrected chi connectivity index (χ3v) is 3.23. The number of hydrogen-bond donors (Lipinski definition) is 1. The molecule has 1 heterocycles. The molecule has 0 saturated heterocycles. The molecule has 0 atom stereocenters. The lowest BCUT2D eigenvalue weighted by atomic mass is 10.2. The van der Waals surface area contributed by atoms with Crippen LogP contribution < -0.4 is 10.9 Å².